The van der Waals surface area contributed by atoms with Gasteiger partial charge in [0.15, 0.2) is 0 Å². The highest BCUT2D eigenvalue weighted by atomic mass is 16.5. The highest BCUT2D eigenvalue weighted by molar-refractivity contribution is 5.71. The second kappa shape index (κ2) is 2.38. The molecule has 1 aliphatic heterocycles. The van der Waals surface area contributed by atoms with Gasteiger partial charge < -0.3 is 4.74 Å². The van der Waals surface area contributed by atoms with E-state index in [1.807, 2.05) is 0 Å². The Kier molecular flexibility index (Phi) is 1.74. The van der Waals surface area contributed by atoms with Gasteiger partial charge >= 0.3 is 5.97 Å². The molecular weight excluding hydrogens is 116 g/mol. The zero-order chi connectivity index (χ0) is 6.85. The first-order valence-electron chi connectivity index (χ1n) is 3.39. The maximum Gasteiger partial charge on any atom is 0.306 e. The summed E-state index contributed by atoms with van der Waals surface area (Å²) in [4.78, 5) is 10.5. The standard InChI is InChI=1S/C7H12O2/c1-5(2)6-3-4-7(8)9-6/h5-6H,3-4H2,1-2H3/t6-/m0/s1. The SMILES string of the molecule is CC(C)[C@@H]1CCC(=O)O1. The quantitative estimate of drug-likeness (QED) is 0.498. The molecule has 1 fully saturated rings. The van der Waals surface area contributed by atoms with Crippen molar-refractivity contribution in [3.8, 4) is 0 Å². The molecule has 1 rings (SSSR count). The Hall–Kier alpha value is -0.530. The zero-order valence-electron chi connectivity index (χ0n) is 5.89. The third-order valence-corrected chi connectivity index (χ3v) is 1.66. The minimum Gasteiger partial charge on any atom is -0.462 e. The number of carbonyl (C=O) groups excluding carboxylic acids is 1. The van der Waals surface area contributed by atoms with Crippen molar-refractivity contribution in [2.75, 3.05) is 0 Å². The van der Waals surface area contributed by atoms with E-state index in [0.717, 1.165) is 6.42 Å². The zero-order valence-corrected chi connectivity index (χ0v) is 5.89. The summed E-state index contributed by atoms with van der Waals surface area (Å²) in [5.41, 5.74) is 0. The van der Waals surface area contributed by atoms with E-state index in [4.69, 9.17) is 4.74 Å². The second-order valence-corrected chi connectivity index (χ2v) is 2.81. The fourth-order valence-electron chi connectivity index (χ4n) is 1.02. The maximum absolute atomic E-state index is 10.5. The Morgan fingerprint density at radius 3 is 2.56 bits per heavy atom. The molecule has 52 valence electrons. The summed E-state index contributed by atoms with van der Waals surface area (Å²) in [7, 11) is 0. The van der Waals surface area contributed by atoms with Crippen molar-refractivity contribution in [3.63, 3.8) is 0 Å². The van der Waals surface area contributed by atoms with Crippen molar-refractivity contribution in [1.82, 2.24) is 0 Å². The van der Waals surface area contributed by atoms with Gasteiger partial charge in [0, 0.05) is 6.42 Å². The molecule has 0 radical (unpaired) electrons. The largest absolute Gasteiger partial charge is 0.462 e. The van der Waals surface area contributed by atoms with Gasteiger partial charge in [-0.25, -0.2) is 0 Å². The summed E-state index contributed by atoms with van der Waals surface area (Å²) < 4.78 is 4.98. The van der Waals surface area contributed by atoms with E-state index in [-0.39, 0.29) is 12.1 Å². The molecule has 1 heterocycles. The van der Waals surface area contributed by atoms with Crippen molar-refractivity contribution < 1.29 is 9.53 Å². The van der Waals surface area contributed by atoms with Crippen LogP contribution in [-0.4, -0.2) is 12.1 Å². The van der Waals surface area contributed by atoms with Gasteiger partial charge in [0.2, 0.25) is 0 Å². The topological polar surface area (TPSA) is 26.3 Å². The molecular formula is C7H12O2. The van der Waals surface area contributed by atoms with E-state index in [1.165, 1.54) is 0 Å². The molecule has 0 aliphatic carbocycles. The summed E-state index contributed by atoms with van der Waals surface area (Å²) in [6.45, 7) is 4.15. The average molecular weight is 128 g/mol. The first kappa shape index (κ1) is 6.59. The lowest BCUT2D eigenvalue weighted by molar-refractivity contribution is -0.142. The lowest BCUT2D eigenvalue weighted by Crippen LogP contribution is -2.13. The van der Waals surface area contributed by atoms with Gasteiger partial charge in [0.1, 0.15) is 6.10 Å². The minimum atomic E-state index is -0.0336. The van der Waals surface area contributed by atoms with Crippen molar-refractivity contribution in [2.45, 2.75) is 32.8 Å². The monoisotopic (exact) mass is 128 g/mol. The van der Waals surface area contributed by atoms with Crippen LogP contribution in [0.1, 0.15) is 26.7 Å². The minimum absolute atomic E-state index is 0.0336. The van der Waals surface area contributed by atoms with Crippen LogP contribution in [0.15, 0.2) is 0 Å². The molecule has 0 saturated carbocycles. The Morgan fingerprint density at radius 2 is 2.33 bits per heavy atom. The molecule has 1 saturated heterocycles. The highest BCUT2D eigenvalue weighted by Crippen LogP contribution is 2.20. The molecule has 0 aromatic heterocycles. The van der Waals surface area contributed by atoms with E-state index in [9.17, 15) is 4.79 Å². The van der Waals surface area contributed by atoms with E-state index < -0.39 is 0 Å². The lowest BCUT2D eigenvalue weighted by atomic mass is 10.1. The lowest BCUT2D eigenvalue weighted by Gasteiger charge is -2.11. The fourth-order valence-corrected chi connectivity index (χ4v) is 1.02. The smallest absolute Gasteiger partial charge is 0.306 e. The van der Waals surface area contributed by atoms with Gasteiger partial charge in [-0.3, -0.25) is 4.79 Å². The van der Waals surface area contributed by atoms with Crippen molar-refractivity contribution >= 4 is 5.97 Å². The van der Waals surface area contributed by atoms with Crippen LogP contribution in [0.5, 0.6) is 0 Å². The second-order valence-electron chi connectivity index (χ2n) is 2.81. The molecule has 0 bridgehead atoms. The number of esters is 1. The molecule has 0 aromatic carbocycles. The molecule has 0 amide bonds. The molecule has 0 aromatic rings. The van der Waals surface area contributed by atoms with E-state index in [1.54, 1.807) is 0 Å². The van der Waals surface area contributed by atoms with Gasteiger partial charge in [-0.05, 0) is 12.3 Å². The summed E-state index contributed by atoms with van der Waals surface area (Å²) in [6.07, 6.45) is 1.72. The molecule has 1 aliphatic rings. The molecule has 0 N–H and O–H groups in total. The van der Waals surface area contributed by atoms with Gasteiger partial charge in [-0.1, -0.05) is 13.8 Å². The van der Waals surface area contributed by atoms with Gasteiger partial charge in [0.25, 0.3) is 0 Å². The number of cyclic esters (lactones) is 1. The van der Waals surface area contributed by atoms with E-state index in [2.05, 4.69) is 13.8 Å². The number of hydrogen-bond acceptors (Lipinski definition) is 2. The van der Waals surface area contributed by atoms with Crippen LogP contribution >= 0.6 is 0 Å². The molecule has 9 heavy (non-hydrogen) atoms. The van der Waals surface area contributed by atoms with Crippen LogP contribution in [-0.2, 0) is 9.53 Å². The van der Waals surface area contributed by atoms with Gasteiger partial charge in [-0.2, -0.15) is 0 Å². The number of hydrogen-bond donors (Lipinski definition) is 0. The molecule has 0 spiro atoms. The number of ether oxygens (including phenoxy) is 1. The van der Waals surface area contributed by atoms with Crippen LogP contribution < -0.4 is 0 Å². The number of carbonyl (C=O) groups is 1. The highest BCUT2D eigenvalue weighted by Gasteiger charge is 2.25. The Bertz CT molecular complexity index is 118. The van der Waals surface area contributed by atoms with Crippen LogP contribution in [0.25, 0.3) is 0 Å². The summed E-state index contributed by atoms with van der Waals surface area (Å²) in [6, 6.07) is 0. The van der Waals surface area contributed by atoms with Crippen LogP contribution in [0, 0.1) is 5.92 Å². The third-order valence-electron chi connectivity index (χ3n) is 1.66. The predicted octanol–water partition coefficient (Wildman–Crippen LogP) is 1.35. The van der Waals surface area contributed by atoms with Crippen molar-refractivity contribution in [2.24, 2.45) is 5.92 Å². The van der Waals surface area contributed by atoms with Gasteiger partial charge in [-0.15, -0.1) is 0 Å². The van der Waals surface area contributed by atoms with Crippen molar-refractivity contribution in [1.29, 1.82) is 0 Å². The van der Waals surface area contributed by atoms with Crippen LogP contribution in [0.3, 0.4) is 0 Å². The van der Waals surface area contributed by atoms with Crippen LogP contribution in [0.2, 0.25) is 0 Å². The molecule has 2 nitrogen and oxygen atoms in total. The molecule has 2 heteroatoms. The first-order valence-corrected chi connectivity index (χ1v) is 3.39. The Morgan fingerprint density at radius 1 is 1.67 bits per heavy atom. The van der Waals surface area contributed by atoms with E-state index in [0.29, 0.717) is 12.3 Å². The number of rotatable bonds is 1. The molecule has 0 unspecified atom stereocenters. The van der Waals surface area contributed by atoms with E-state index >= 15 is 0 Å². The maximum atomic E-state index is 10.5. The molecule has 1 atom stereocenters. The Labute approximate surface area is 55.2 Å². The third kappa shape index (κ3) is 1.44. The van der Waals surface area contributed by atoms with Crippen molar-refractivity contribution in [3.05, 3.63) is 0 Å². The normalized spacial score (nSPS) is 27.0. The summed E-state index contributed by atoms with van der Waals surface area (Å²) in [5, 5.41) is 0. The average Bonchev–Trinajstić information content (AvgIpc) is 2.14. The van der Waals surface area contributed by atoms with Gasteiger partial charge in [0.05, 0.1) is 0 Å². The summed E-state index contributed by atoms with van der Waals surface area (Å²) in [5.74, 6) is 0.449. The predicted molar refractivity (Wildman–Crippen MR) is 34.0 cm³/mol. The first-order chi connectivity index (χ1) is 4.20. The Balaban J connectivity index is 2.39. The summed E-state index contributed by atoms with van der Waals surface area (Å²) >= 11 is 0. The van der Waals surface area contributed by atoms with Crippen LogP contribution in [0.4, 0.5) is 0 Å². The fraction of sp³-hybridized carbons (Fsp3) is 0.857.